The predicted molar refractivity (Wildman–Crippen MR) is 90.4 cm³/mol. The molecule has 1 aliphatic rings. The Labute approximate surface area is 145 Å². The van der Waals surface area contributed by atoms with E-state index >= 15 is 0 Å². The zero-order chi connectivity index (χ0) is 17.8. The van der Waals surface area contributed by atoms with Crippen molar-refractivity contribution in [2.75, 3.05) is 13.9 Å². The van der Waals surface area contributed by atoms with Crippen molar-refractivity contribution in [1.82, 2.24) is 5.32 Å². The molecule has 0 spiro atoms. The summed E-state index contributed by atoms with van der Waals surface area (Å²) in [5.74, 6) is 1.08. The number of rotatable bonds is 6. The van der Waals surface area contributed by atoms with Crippen molar-refractivity contribution in [3.05, 3.63) is 53.3 Å². The van der Waals surface area contributed by atoms with Crippen molar-refractivity contribution in [1.29, 1.82) is 0 Å². The summed E-state index contributed by atoms with van der Waals surface area (Å²) < 4.78 is 29.2. The van der Waals surface area contributed by atoms with Gasteiger partial charge in [-0.25, -0.2) is 4.39 Å². The molecule has 1 atom stereocenters. The van der Waals surface area contributed by atoms with Crippen LogP contribution >= 0.6 is 0 Å². The lowest BCUT2D eigenvalue weighted by Crippen LogP contribution is -2.26. The molecule has 25 heavy (non-hydrogen) atoms. The minimum atomic E-state index is -0.422. The quantitative estimate of drug-likeness (QED) is 0.872. The van der Waals surface area contributed by atoms with Crippen molar-refractivity contribution in [3.63, 3.8) is 0 Å². The summed E-state index contributed by atoms with van der Waals surface area (Å²) in [7, 11) is 1.42. The second kappa shape index (κ2) is 7.42. The maximum absolute atomic E-state index is 13.7. The summed E-state index contributed by atoms with van der Waals surface area (Å²) in [6, 6.07) is 10.2. The highest BCUT2D eigenvalue weighted by molar-refractivity contribution is 5.76. The van der Waals surface area contributed by atoms with Gasteiger partial charge in [-0.3, -0.25) is 4.79 Å². The molecule has 2 aromatic rings. The van der Waals surface area contributed by atoms with Crippen molar-refractivity contribution < 1.29 is 23.4 Å². The lowest BCUT2D eigenvalue weighted by Gasteiger charge is -2.15. The van der Waals surface area contributed by atoms with Gasteiger partial charge < -0.3 is 19.5 Å². The van der Waals surface area contributed by atoms with Crippen molar-refractivity contribution >= 4 is 5.91 Å². The topological polar surface area (TPSA) is 56.8 Å². The highest BCUT2D eigenvalue weighted by atomic mass is 19.1. The van der Waals surface area contributed by atoms with Gasteiger partial charge in [-0.05, 0) is 48.7 Å². The first-order valence-corrected chi connectivity index (χ1v) is 8.08. The third-order valence-electron chi connectivity index (χ3n) is 4.13. The van der Waals surface area contributed by atoms with E-state index in [4.69, 9.17) is 14.2 Å². The summed E-state index contributed by atoms with van der Waals surface area (Å²) in [6.45, 7) is 2.13. The van der Waals surface area contributed by atoms with E-state index in [1.807, 2.05) is 25.1 Å². The van der Waals surface area contributed by atoms with Crippen molar-refractivity contribution in [2.24, 2.45) is 0 Å². The monoisotopic (exact) mass is 345 g/mol. The molecule has 3 rings (SSSR count). The molecular weight excluding hydrogens is 325 g/mol. The van der Waals surface area contributed by atoms with Crippen LogP contribution in [0.25, 0.3) is 0 Å². The van der Waals surface area contributed by atoms with Gasteiger partial charge in [0.1, 0.15) is 0 Å². The summed E-state index contributed by atoms with van der Waals surface area (Å²) >= 11 is 0. The van der Waals surface area contributed by atoms with Crippen LogP contribution in [-0.4, -0.2) is 19.8 Å². The standard InChI is InChI=1S/C19H20FNO4/c1-12(14-5-7-17-18(10-14)25-11-24-17)21-19(22)8-4-13-3-6-16(23-2)15(20)9-13/h3,5-7,9-10,12H,4,8,11H2,1-2H3,(H,21,22). The molecule has 1 N–H and O–H groups in total. The Balaban J connectivity index is 1.54. The fourth-order valence-electron chi connectivity index (χ4n) is 2.70. The Bertz CT molecular complexity index is 778. The number of hydrogen-bond donors (Lipinski definition) is 1. The summed E-state index contributed by atoms with van der Waals surface area (Å²) in [4.78, 5) is 12.2. The smallest absolute Gasteiger partial charge is 0.231 e. The Kier molecular flexibility index (Phi) is 5.07. The number of halogens is 1. The first-order chi connectivity index (χ1) is 12.1. The second-order valence-electron chi connectivity index (χ2n) is 5.87. The van der Waals surface area contributed by atoms with Gasteiger partial charge in [0.15, 0.2) is 23.1 Å². The Morgan fingerprint density at radius 1 is 1.24 bits per heavy atom. The van der Waals surface area contributed by atoms with Gasteiger partial charge in [0.2, 0.25) is 12.7 Å². The maximum atomic E-state index is 13.7. The molecule has 132 valence electrons. The first kappa shape index (κ1) is 17.1. The van der Waals surface area contributed by atoms with E-state index in [1.54, 1.807) is 12.1 Å². The molecule has 1 amide bonds. The number of hydrogen-bond acceptors (Lipinski definition) is 4. The Hall–Kier alpha value is -2.76. The number of nitrogens with one attached hydrogen (secondary N) is 1. The van der Waals surface area contributed by atoms with E-state index in [0.717, 1.165) is 11.1 Å². The van der Waals surface area contributed by atoms with Gasteiger partial charge in [0, 0.05) is 6.42 Å². The molecule has 0 aliphatic carbocycles. The van der Waals surface area contributed by atoms with Crippen LogP contribution in [0.1, 0.15) is 30.5 Å². The van der Waals surface area contributed by atoms with E-state index in [0.29, 0.717) is 17.9 Å². The first-order valence-electron chi connectivity index (χ1n) is 8.08. The molecule has 1 heterocycles. The molecule has 0 bridgehead atoms. The highest BCUT2D eigenvalue weighted by Crippen LogP contribution is 2.34. The molecule has 2 aromatic carbocycles. The number of ether oxygens (including phenoxy) is 3. The normalized spacial score (nSPS) is 13.4. The molecule has 0 saturated heterocycles. The number of benzene rings is 2. The van der Waals surface area contributed by atoms with Crippen LogP contribution in [0.3, 0.4) is 0 Å². The average Bonchev–Trinajstić information content (AvgIpc) is 3.07. The van der Waals surface area contributed by atoms with Gasteiger partial charge in [0.25, 0.3) is 0 Å². The fraction of sp³-hybridized carbons (Fsp3) is 0.316. The van der Waals surface area contributed by atoms with Crippen LogP contribution in [-0.2, 0) is 11.2 Å². The van der Waals surface area contributed by atoms with Crippen LogP contribution in [0.2, 0.25) is 0 Å². The second-order valence-corrected chi connectivity index (χ2v) is 5.87. The van der Waals surface area contributed by atoms with Crippen LogP contribution in [0.5, 0.6) is 17.2 Å². The van der Waals surface area contributed by atoms with Crippen LogP contribution < -0.4 is 19.5 Å². The minimum Gasteiger partial charge on any atom is -0.494 e. The summed E-state index contributed by atoms with van der Waals surface area (Å²) in [5, 5.41) is 2.94. The van der Waals surface area contributed by atoms with Crippen molar-refractivity contribution in [3.8, 4) is 17.2 Å². The van der Waals surface area contributed by atoms with Crippen LogP contribution in [0.4, 0.5) is 4.39 Å². The molecule has 0 aromatic heterocycles. The predicted octanol–water partition coefficient (Wildman–Crippen LogP) is 3.37. The van der Waals surface area contributed by atoms with Gasteiger partial charge in [-0.1, -0.05) is 12.1 Å². The molecule has 6 heteroatoms. The van der Waals surface area contributed by atoms with Gasteiger partial charge in [0.05, 0.1) is 13.2 Å². The molecule has 0 fully saturated rings. The van der Waals surface area contributed by atoms with Gasteiger partial charge in [-0.2, -0.15) is 0 Å². The lowest BCUT2D eigenvalue weighted by molar-refractivity contribution is -0.121. The highest BCUT2D eigenvalue weighted by Gasteiger charge is 2.17. The van der Waals surface area contributed by atoms with E-state index in [1.165, 1.54) is 13.2 Å². The largest absolute Gasteiger partial charge is 0.494 e. The molecule has 5 nitrogen and oxygen atoms in total. The SMILES string of the molecule is COc1ccc(CCC(=O)NC(C)c2ccc3c(c2)OCO3)cc1F. The molecular formula is C19H20FNO4. The fourth-order valence-corrected chi connectivity index (χ4v) is 2.70. The maximum Gasteiger partial charge on any atom is 0.231 e. The summed E-state index contributed by atoms with van der Waals surface area (Å²) in [6.07, 6.45) is 0.737. The zero-order valence-electron chi connectivity index (χ0n) is 14.2. The van der Waals surface area contributed by atoms with E-state index in [-0.39, 0.29) is 30.9 Å². The zero-order valence-corrected chi connectivity index (χ0v) is 14.2. The lowest BCUT2D eigenvalue weighted by atomic mass is 10.1. The number of carbonyl (C=O) groups is 1. The Morgan fingerprint density at radius 3 is 2.80 bits per heavy atom. The Morgan fingerprint density at radius 2 is 2.04 bits per heavy atom. The van der Waals surface area contributed by atoms with E-state index in [9.17, 15) is 9.18 Å². The van der Waals surface area contributed by atoms with Gasteiger partial charge >= 0.3 is 0 Å². The number of fused-ring (bicyclic) bond motifs is 1. The minimum absolute atomic E-state index is 0.0959. The third-order valence-corrected chi connectivity index (χ3v) is 4.13. The number of carbonyl (C=O) groups excluding carboxylic acids is 1. The number of methoxy groups -OCH3 is 1. The van der Waals surface area contributed by atoms with Gasteiger partial charge in [-0.15, -0.1) is 0 Å². The molecule has 0 radical (unpaired) electrons. The average molecular weight is 345 g/mol. The van der Waals surface area contributed by atoms with Crippen molar-refractivity contribution in [2.45, 2.75) is 25.8 Å². The molecule has 0 saturated carbocycles. The van der Waals surface area contributed by atoms with E-state index < -0.39 is 5.82 Å². The molecule has 1 aliphatic heterocycles. The number of amides is 1. The molecule has 1 unspecified atom stereocenters. The summed E-state index contributed by atoms with van der Waals surface area (Å²) in [5.41, 5.74) is 1.69. The number of aryl methyl sites for hydroxylation is 1. The van der Waals surface area contributed by atoms with Crippen LogP contribution in [0, 0.1) is 5.82 Å². The third kappa shape index (κ3) is 4.02. The van der Waals surface area contributed by atoms with E-state index in [2.05, 4.69) is 5.32 Å². The van der Waals surface area contributed by atoms with Crippen LogP contribution in [0.15, 0.2) is 36.4 Å².